The maximum absolute atomic E-state index is 5.90. The molecule has 2 aliphatic carbocycles. The van der Waals surface area contributed by atoms with Crippen molar-refractivity contribution in [1.29, 1.82) is 0 Å². The van der Waals surface area contributed by atoms with E-state index < -0.39 is 0 Å². The molecular formula is C17H16O. The summed E-state index contributed by atoms with van der Waals surface area (Å²) in [5.41, 5.74) is 5.88. The van der Waals surface area contributed by atoms with Gasteiger partial charge in [0.2, 0.25) is 0 Å². The molecule has 2 aliphatic rings. The second-order valence-corrected chi connectivity index (χ2v) is 5.21. The van der Waals surface area contributed by atoms with Crippen molar-refractivity contribution in [2.75, 3.05) is 6.61 Å². The van der Waals surface area contributed by atoms with Gasteiger partial charge in [-0.1, -0.05) is 48.5 Å². The summed E-state index contributed by atoms with van der Waals surface area (Å²) in [6.45, 7) is 2.88. The van der Waals surface area contributed by atoms with E-state index in [1.165, 1.54) is 22.3 Å². The molecule has 2 aromatic carbocycles. The van der Waals surface area contributed by atoms with E-state index in [9.17, 15) is 0 Å². The molecule has 1 saturated carbocycles. The number of rotatable bonds is 2. The lowest BCUT2D eigenvalue weighted by Gasteiger charge is -2.13. The highest BCUT2D eigenvalue weighted by molar-refractivity contribution is 5.83. The molecule has 0 aromatic heterocycles. The minimum Gasteiger partial charge on any atom is -0.377 e. The number of ether oxygens (including phenoxy) is 1. The van der Waals surface area contributed by atoms with E-state index >= 15 is 0 Å². The number of benzene rings is 2. The van der Waals surface area contributed by atoms with E-state index in [0.717, 1.165) is 13.0 Å². The molecule has 0 radical (unpaired) electrons. The summed E-state index contributed by atoms with van der Waals surface area (Å²) in [4.78, 5) is 0. The highest BCUT2D eigenvalue weighted by Crippen LogP contribution is 2.63. The standard InChI is InChI=1S/C17H16O/c1-2-18-16-11-17(16)14-9-5-3-7-12(14)13-8-4-6-10-15(13)17/h3-10,16H,2,11H2,1H3. The second-order valence-electron chi connectivity index (χ2n) is 5.21. The molecule has 90 valence electrons. The first-order valence-corrected chi connectivity index (χ1v) is 6.69. The summed E-state index contributed by atoms with van der Waals surface area (Å²) in [5.74, 6) is 0. The Morgan fingerprint density at radius 2 is 1.56 bits per heavy atom. The van der Waals surface area contributed by atoms with Crippen LogP contribution in [0.3, 0.4) is 0 Å². The van der Waals surface area contributed by atoms with Gasteiger partial charge in [-0.15, -0.1) is 0 Å². The van der Waals surface area contributed by atoms with E-state index in [2.05, 4.69) is 55.5 Å². The van der Waals surface area contributed by atoms with Crippen LogP contribution in [-0.4, -0.2) is 12.7 Å². The summed E-state index contributed by atoms with van der Waals surface area (Å²) in [6.07, 6.45) is 1.50. The molecule has 0 aliphatic heterocycles. The Bertz CT molecular complexity index is 569. The summed E-state index contributed by atoms with van der Waals surface area (Å²) >= 11 is 0. The molecule has 0 heterocycles. The molecule has 18 heavy (non-hydrogen) atoms. The van der Waals surface area contributed by atoms with Crippen molar-refractivity contribution in [1.82, 2.24) is 0 Å². The van der Waals surface area contributed by atoms with Crippen LogP contribution in [0, 0.1) is 0 Å². The average molecular weight is 236 g/mol. The van der Waals surface area contributed by atoms with E-state index in [-0.39, 0.29) is 5.41 Å². The van der Waals surface area contributed by atoms with Crippen LogP contribution in [0.15, 0.2) is 48.5 Å². The smallest absolute Gasteiger partial charge is 0.0726 e. The van der Waals surface area contributed by atoms with Gasteiger partial charge >= 0.3 is 0 Å². The van der Waals surface area contributed by atoms with E-state index in [4.69, 9.17) is 4.74 Å². The van der Waals surface area contributed by atoms with Gasteiger partial charge in [0.1, 0.15) is 0 Å². The molecule has 1 heteroatoms. The first kappa shape index (κ1) is 10.3. The monoisotopic (exact) mass is 236 g/mol. The molecule has 2 aromatic rings. The molecule has 0 amide bonds. The van der Waals surface area contributed by atoms with Crippen LogP contribution in [0.4, 0.5) is 0 Å². The molecule has 1 spiro atoms. The van der Waals surface area contributed by atoms with Crippen LogP contribution in [0.1, 0.15) is 24.5 Å². The third-order valence-electron chi connectivity index (χ3n) is 4.37. The zero-order valence-electron chi connectivity index (χ0n) is 10.5. The van der Waals surface area contributed by atoms with Crippen LogP contribution in [0.25, 0.3) is 11.1 Å². The fraction of sp³-hybridized carbons (Fsp3) is 0.294. The largest absolute Gasteiger partial charge is 0.377 e. The Balaban J connectivity index is 1.95. The summed E-state index contributed by atoms with van der Waals surface area (Å²) in [6, 6.07) is 17.6. The average Bonchev–Trinajstić information content (AvgIpc) is 3.06. The lowest BCUT2D eigenvalue weighted by Crippen LogP contribution is -2.13. The highest BCUT2D eigenvalue weighted by atomic mass is 16.5. The minimum atomic E-state index is 0.156. The Hall–Kier alpha value is -1.60. The Morgan fingerprint density at radius 1 is 1.00 bits per heavy atom. The molecule has 1 nitrogen and oxygen atoms in total. The van der Waals surface area contributed by atoms with Crippen molar-refractivity contribution < 1.29 is 4.74 Å². The first-order valence-electron chi connectivity index (χ1n) is 6.69. The quantitative estimate of drug-likeness (QED) is 0.771. The topological polar surface area (TPSA) is 9.23 Å². The van der Waals surface area contributed by atoms with Crippen LogP contribution in [0.2, 0.25) is 0 Å². The fourth-order valence-corrected chi connectivity index (χ4v) is 3.56. The van der Waals surface area contributed by atoms with Crippen LogP contribution >= 0.6 is 0 Å². The van der Waals surface area contributed by atoms with Crippen molar-refractivity contribution >= 4 is 0 Å². The Kier molecular flexibility index (Phi) is 1.98. The third-order valence-corrected chi connectivity index (χ3v) is 4.37. The number of hydrogen-bond donors (Lipinski definition) is 0. The lowest BCUT2D eigenvalue weighted by atomic mass is 9.93. The van der Waals surface area contributed by atoms with Crippen molar-refractivity contribution in [2.24, 2.45) is 0 Å². The van der Waals surface area contributed by atoms with Crippen LogP contribution < -0.4 is 0 Å². The molecule has 0 bridgehead atoms. The molecule has 0 saturated heterocycles. The van der Waals surface area contributed by atoms with Gasteiger partial charge in [0.15, 0.2) is 0 Å². The zero-order chi connectivity index (χ0) is 12.2. The summed E-state index contributed by atoms with van der Waals surface area (Å²) in [5, 5.41) is 0. The first-order chi connectivity index (χ1) is 8.88. The Labute approximate surface area is 107 Å². The van der Waals surface area contributed by atoms with Gasteiger partial charge in [-0.2, -0.15) is 0 Å². The van der Waals surface area contributed by atoms with Crippen molar-refractivity contribution in [3.63, 3.8) is 0 Å². The fourth-order valence-electron chi connectivity index (χ4n) is 3.56. The number of hydrogen-bond acceptors (Lipinski definition) is 1. The molecule has 1 unspecified atom stereocenters. The lowest BCUT2D eigenvalue weighted by molar-refractivity contribution is 0.120. The summed E-state index contributed by atoms with van der Waals surface area (Å²) < 4.78 is 5.90. The molecule has 4 rings (SSSR count). The predicted octanol–water partition coefficient (Wildman–Crippen LogP) is 3.76. The molecule has 0 N–H and O–H groups in total. The van der Waals surface area contributed by atoms with Crippen LogP contribution in [0.5, 0.6) is 0 Å². The van der Waals surface area contributed by atoms with Gasteiger partial charge in [0.05, 0.1) is 11.5 Å². The minimum absolute atomic E-state index is 0.156. The maximum Gasteiger partial charge on any atom is 0.0726 e. The van der Waals surface area contributed by atoms with Gasteiger partial charge in [0.25, 0.3) is 0 Å². The predicted molar refractivity (Wildman–Crippen MR) is 72.7 cm³/mol. The molecular weight excluding hydrogens is 220 g/mol. The van der Waals surface area contributed by atoms with Crippen molar-refractivity contribution in [2.45, 2.75) is 24.9 Å². The third kappa shape index (κ3) is 1.10. The zero-order valence-corrected chi connectivity index (χ0v) is 10.5. The Morgan fingerprint density at radius 3 is 2.11 bits per heavy atom. The van der Waals surface area contributed by atoms with Gasteiger partial charge in [-0.3, -0.25) is 0 Å². The van der Waals surface area contributed by atoms with E-state index in [1.807, 2.05) is 0 Å². The maximum atomic E-state index is 5.90. The summed E-state index contributed by atoms with van der Waals surface area (Å²) in [7, 11) is 0. The van der Waals surface area contributed by atoms with E-state index in [0.29, 0.717) is 6.10 Å². The van der Waals surface area contributed by atoms with Crippen molar-refractivity contribution in [3.05, 3.63) is 59.7 Å². The molecule has 1 atom stereocenters. The van der Waals surface area contributed by atoms with E-state index in [1.54, 1.807) is 0 Å². The van der Waals surface area contributed by atoms with Gasteiger partial charge in [0, 0.05) is 6.61 Å². The normalized spacial score (nSPS) is 21.7. The second kappa shape index (κ2) is 3.46. The van der Waals surface area contributed by atoms with Crippen LogP contribution in [-0.2, 0) is 10.2 Å². The number of fused-ring (bicyclic) bond motifs is 5. The van der Waals surface area contributed by atoms with Crippen molar-refractivity contribution in [3.8, 4) is 11.1 Å². The van der Waals surface area contributed by atoms with Gasteiger partial charge in [-0.05, 0) is 35.6 Å². The van der Waals surface area contributed by atoms with Gasteiger partial charge < -0.3 is 4.74 Å². The molecule has 1 fully saturated rings. The van der Waals surface area contributed by atoms with Gasteiger partial charge in [-0.25, -0.2) is 0 Å². The SMILES string of the molecule is CCOC1CC12c1ccccc1-c1ccccc12. The highest BCUT2D eigenvalue weighted by Gasteiger charge is 2.61.